The lowest BCUT2D eigenvalue weighted by atomic mass is 10.2. The Morgan fingerprint density at radius 3 is 2.58 bits per heavy atom. The SMILES string of the molecule is CCNC(=O)COC(=O)c1ccc(OCc2ccccc2Cl)c(OC)c1. The van der Waals surface area contributed by atoms with E-state index in [0.717, 1.165) is 5.56 Å². The normalized spacial score (nSPS) is 10.1. The largest absolute Gasteiger partial charge is 0.493 e. The van der Waals surface area contributed by atoms with Crippen LogP contribution >= 0.6 is 11.6 Å². The molecule has 0 unspecified atom stereocenters. The van der Waals surface area contributed by atoms with Crippen LogP contribution in [-0.2, 0) is 16.1 Å². The van der Waals surface area contributed by atoms with Gasteiger partial charge in [0.25, 0.3) is 5.91 Å². The number of carbonyl (C=O) groups is 2. The molecule has 0 radical (unpaired) electrons. The van der Waals surface area contributed by atoms with Crippen molar-refractivity contribution in [3.05, 3.63) is 58.6 Å². The van der Waals surface area contributed by atoms with Crippen molar-refractivity contribution >= 4 is 23.5 Å². The van der Waals surface area contributed by atoms with Crippen LogP contribution < -0.4 is 14.8 Å². The molecule has 26 heavy (non-hydrogen) atoms. The second kappa shape index (κ2) is 9.68. The molecule has 0 saturated carbocycles. The summed E-state index contributed by atoms with van der Waals surface area (Å²) in [5, 5.41) is 3.16. The van der Waals surface area contributed by atoms with Gasteiger partial charge in [-0.3, -0.25) is 4.79 Å². The van der Waals surface area contributed by atoms with Crippen LogP contribution in [-0.4, -0.2) is 32.1 Å². The second-order valence-corrected chi connectivity index (χ2v) is 5.68. The fourth-order valence-electron chi connectivity index (χ4n) is 2.15. The number of esters is 1. The maximum absolute atomic E-state index is 12.0. The zero-order chi connectivity index (χ0) is 18.9. The standard InChI is InChI=1S/C19H20ClNO5/c1-3-21-18(22)12-26-19(23)13-8-9-16(17(10-13)24-2)25-11-14-6-4-5-7-15(14)20/h4-10H,3,11-12H2,1-2H3,(H,21,22). The molecule has 2 rings (SSSR count). The zero-order valence-electron chi connectivity index (χ0n) is 14.6. The minimum Gasteiger partial charge on any atom is -0.493 e. The summed E-state index contributed by atoms with van der Waals surface area (Å²) < 4.78 is 16.0. The maximum Gasteiger partial charge on any atom is 0.338 e. The molecule has 7 heteroatoms. The minimum absolute atomic E-state index is 0.260. The van der Waals surface area contributed by atoms with Crippen LogP contribution in [0.3, 0.4) is 0 Å². The van der Waals surface area contributed by atoms with E-state index in [9.17, 15) is 9.59 Å². The summed E-state index contributed by atoms with van der Waals surface area (Å²) in [7, 11) is 1.47. The van der Waals surface area contributed by atoms with E-state index in [4.69, 9.17) is 25.8 Å². The summed E-state index contributed by atoms with van der Waals surface area (Å²) in [5.74, 6) is -0.128. The highest BCUT2D eigenvalue weighted by molar-refractivity contribution is 6.31. The molecule has 0 spiro atoms. The van der Waals surface area contributed by atoms with E-state index in [0.29, 0.717) is 23.1 Å². The molecule has 0 fully saturated rings. The molecule has 6 nitrogen and oxygen atoms in total. The Balaban J connectivity index is 2.03. The van der Waals surface area contributed by atoms with Crippen molar-refractivity contribution in [2.75, 3.05) is 20.3 Å². The van der Waals surface area contributed by atoms with Crippen LogP contribution in [0.5, 0.6) is 11.5 Å². The Labute approximate surface area is 157 Å². The molecule has 0 aliphatic heterocycles. The van der Waals surface area contributed by atoms with Gasteiger partial charge >= 0.3 is 5.97 Å². The third-order valence-electron chi connectivity index (χ3n) is 3.45. The molecule has 1 amide bonds. The van der Waals surface area contributed by atoms with Gasteiger partial charge in [0.1, 0.15) is 6.61 Å². The lowest BCUT2D eigenvalue weighted by molar-refractivity contribution is -0.124. The summed E-state index contributed by atoms with van der Waals surface area (Å²) in [6.07, 6.45) is 0. The quantitative estimate of drug-likeness (QED) is 0.715. The van der Waals surface area contributed by atoms with Gasteiger partial charge in [-0.05, 0) is 31.2 Å². The molecule has 1 N–H and O–H groups in total. The average molecular weight is 378 g/mol. The first kappa shape index (κ1) is 19.6. The zero-order valence-corrected chi connectivity index (χ0v) is 15.3. The van der Waals surface area contributed by atoms with Gasteiger partial charge in [-0.15, -0.1) is 0 Å². The lowest BCUT2D eigenvalue weighted by Gasteiger charge is -2.13. The third-order valence-corrected chi connectivity index (χ3v) is 3.82. The van der Waals surface area contributed by atoms with E-state index in [-0.39, 0.29) is 24.7 Å². The highest BCUT2D eigenvalue weighted by atomic mass is 35.5. The number of nitrogens with one attached hydrogen (secondary N) is 1. The number of likely N-dealkylation sites (N-methyl/N-ethyl adjacent to an activating group) is 1. The van der Waals surface area contributed by atoms with Crippen LogP contribution in [0.15, 0.2) is 42.5 Å². The van der Waals surface area contributed by atoms with Crippen molar-refractivity contribution in [2.45, 2.75) is 13.5 Å². The first-order valence-corrected chi connectivity index (χ1v) is 8.41. The van der Waals surface area contributed by atoms with E-state index in [1.807, 2.05) is 18.2 Å². The van der Waals surface area contributed by atoms with Gasteiger partial charge in [-0.2, -0.15) is 0 Å². The predicted molar refractivity (Wildman–Crippen MR) is 97.7 cm³/mol. The van der Waals surface area contributed by atoms with Crippen molar-refractivity contribution in [1.29, 1.82) is 0 Å². The van der Waals surface area contributed by atoms with Crippen molar-refractivity contribution in [1.82, 2.24) is 5.32 Å². The summed E-state index contributed by atoms with van der Waals surface area (Å²) in [5.41, 5.74) is 1.10. The van der Waals surface area contributed by atoms with Gasteiger partial charge in [0.15, 0.2) is 18.1 Å². The molecule has 0 aromatic heterocycles. The highest BCUT2D eigenvalue weighted by Crippen LogP contribution is 2.29. The Kier molecular flexibility index (Phi) is 7.29. The lowest BCUT2D eigenvalue weighted by Crippen LogP contribution is -2.28. The maximum atomic E-state index is 12.0. The molecular formula is C19H20ClNO5. The van der Waals surface area contributed by atoms with Gasteiger partial charge in [0, 0.05) is 17.1 Å². The Morgan fingerprint density at radius 1 is 1.12 bits per heavy atom. The van der Waals surface area contributed by atoms with E-state index in [1.54, 1.807) is 25.1 Å². The number of carbonyl (C=O) groups excluding carboxylic acids is 2. The third kappa shape index (κ3) is 5.39. The molecule has 0 bridgehead atoms. The number of methoxy groups -OCH3 is 1. The van der Waals surface area contributed by atoms with Gasteiger partial charge in [0.05, 0.1) is 12.7 Å². The first-order valence-electron chi connectivity index (χ1n) is 8.03. The van der Waals surface area contributed by atoms with E-state index >= 15 is 0 Å². The number of amides is 1. The Hall–Kier alpha value is -2.73. The van der Waals surface area contributed by atoms with Crippen LogP contribution in [0.1, 0.15) is 22.8 Å². The smallest absolute Gasteiger partial charge is 0.338 e. The van der Waals surface area contributed by atoms with Crippen LogP contribution in [0.25, 0.3) is 0 Å². The van der Waals surface area contributed by atoms with Crippen molar-refractivity contribution in [3.8, 4) is 11.5 Å². The number of ether oxygens (including phenoxy) is 3. The van der Waals surface area contributed by atoms with Crippen LogP contribution in [0.4, 0.5) is 0 Å². The predicted octanol–water partition coefficient (Wildman–Crippen LogP) is 3.22. The topological polar surface area (TPSA) is 73.9 Å². The van der Waals surface area contributed by atoms with Crippen molar-refractivity contribution < 1.29 is 23.8 Å². The summed E-state index contributed by atoms with van der Waals surface area (Å²) in [4.78, 5) is 23.4. The Bertz CT molecular complexity index is 778. The number of rotatable bonds is 8. The van der Waals surface area contributed by atoms with E-state index < -0.39 is 5.97 Å². The molecule has 2 aromatic carbocycles. The molecule has 0 aliphatic rings. The van der Waals surface area contributed by atoms with Crippen molar-refractivity contribution in [3.63, 3.8) is 0 Å². The summed E-state index contributed by atoms with van der Waals surface area (Å²) in [6, 6.07) is 12.0. The molecule has 0 heterocycles. The van der Waals surface area contributed by atoms with Gasteiger partial charge in [-0.1, -0.05) is 29.8 Å². The van der Waals surface area contributed by atoms with Crippen molar-refractivity contribution in [2.24, 2.45) is 0 Å². The van der Waals surface area contributed by atoms with E-state index in [2.05, 4.69) is 5.32 Å². The summed E-state index contributed by atoms with van der Waals surface area (Å²) >= 11 is 6.11. The van der Waals surface area contributed by atoms with E-state index in [1.165, 1.54) is 13.2 Å². The number of hydrogen-bond donors (Lipinski definition) is 1. The molecular weight excluding hydrogens is 358 g/mol. The molecule has 0 saturated heterocycles. The number of benzene rings is 2. The molecule has 0 atom stereocenters. The van der Waals surface area contributed by atoms with Gasteiger partial charge in [-0.25, -0.2) is 4.79 Å². The average Bonchev–Trinajstić information content (AvgIpc) is 2.65. The fourth-order valence-corrected chi connectivity index (χ4v) is 2.34. The molecule has 138 valence electrons. The second-order valence-electron chi connectivity index (χ2n) is 5.28. The van der Waals surface area contributed by atoms with Gasteiger partial charge in [0.2, 0.25) is 0 Å². The molecule has 2 aromatic rings. The van der Waals surface area contributed by atoms with Gasteiger partial charge < -0.3 is 19.5 Å². The number of halogens is 1. The highest BCUT2D eigenvalue weighted by Gasteiger charge is 2.14. The first-order chi connectivity index (χ1) is 12.5. The number of hydrogen-bond acceptors (Lipinski definition) is 5. The summed E-state index contributed by atoms with van der Waals surface area (Å²) in [6.45, 7) is 2.18. The Morgan fingerprint density at radius 2 is 1.88 bits per heavy atom. The van der Waals surface area contributed by atoms with Crippen LogP contribution in [0.2, 0.25) is 5.02 Å². The van der Waals surface area contributed by atoms with Crippen LogP contribution in [0, 0.1) is 0 Å². The fraction of sp³-hybridized carbons (Fsp3) is 0.263. The minimum atomic E-state index is -0.618. The monoisotopic (exact) mass is 377 g/mol. The molecule has 0 aliphatic carbocycles.